The molecule has 9 heteroatoms. The van der Waals surface area contributed by atoms with Crippen molar-refractivity contribution in [3.8, 4) is 0 Å². The first-order valence-corrected chi connectivity index (χ1v) is 7.83. The number of carboxylic acids is 1. The van der Waals surface area contributed by atoms with Gasteiger partial charge >= 0.3 is 5.97 Å². The lowest BCUT2D eigenvalue weighted by Gasteiger charge is -2.12. The second kappa shape index (κ2) is 5.91. The number of rotatable bonds is 6. The molecule has 0 aliphatic rings. The molecule has 18 heavy (non-hydrogen) atoms. The number of hydrogen-bond acceptors (Lipinski definition) is 6. The van der Waals surface area contributed by atoms with E-state index in [0.29, 0.717) is 0 Å². The maximum atomic E-state index is 11.6. The van der Waals surface area contributed by atoms with E-state index in [1.807, 2.05) is 0 Å². The Kier molecular flexibility index (Phi) is 4.79. The van der Waals surface area contributed by atoms with Gasteiger partial charge < -0.3 is 10.4 Å². The number of aromatic nitrogens is 1. The molecule has 1 aromatic rings. The van der Waals surface area contributed by atoms with Gasteiger partial charge in [0.25, 0.3) is 5.91 Å². The number of nitrogens with zero attached hydrogens (tertiary/aromatic N) is 1. The van der Waals surface area contributed by atoms with Crippen molar-refractivity contribution in [2.24, 2.45) is 0 Å². The van der Waals surface area contributed by atoms with Crippen molar-refractivity contribution in [3.05, 3.63) is 16.6 Å². The van der Waals surface area contributed by atoms with E-state index in [9.17, 15) is 18.0 Å². The summed E-state index contributed by atoms with van der Waals surface area (Å²) in [6.07, 6.45) is 2.16. The molecule has 0 bridgehead atoms. The lowest BCUT2D eigenvalue weighted by molar-refractivity contribution is -0.139. The fourth-order valence-electron chi connectivity index (χ4n) is 1.15. The number of amides is 1. The largest absolute Gasteiger partial charge is 0.480 e. The number of aliphatic carboxylic acids is 1. The third-order valence-electron chi connectivity index (χ3n) is 2.04. The topological polar surface area (TPSA) is 113 Å². The lowest BCUT2D eigenvalue weighted by atomic mass is 10.2. The zero-order chi connectivity index (χ0) is 13.8. The molecule has 0 saturated heterocycles. The molecule has 0 fully saturated rings. The highest BCUT2D eigenvalue weighted by atomic mass is 32.2. The van der Waals surface area contributed by atoms with E-state index in [0.717, 1.165) is 17.6 Å². The Morgan fingerprint density at radius 2 is 2.22 bits per heavy atom. The molecule has 1 unspecified atom stereocenters. The van der Waals surface area contributed by atoms with Crippen LogP contribution in [0.3, 0.4) is 0 Å². The average molecular weight is 292 g/mol. The van der Waals surface area contributed by atoms with Gasteiger partial charge in [-0.3, -0.25) is 9.78 Å². The van der Waals surface area contributed by atoms with Gasteiger partial charge in [0.2, 0.25) is 0 Å². The maximum Gasteiger partial charge on any atom is 0.326 e. The quantitative estimate of drug-likeness (QED) is 0.748. The monoisotopic (exact) mass is 292 g/mol. The van der Waals surface area contributed by atoms with E-state index in [1.54, 1.807) is 0 Å². The van der Waals surface area contributed by atoms with E-state index < -0.39 is 27.8 Å². The number of carbonyl (C=O) groups is 2. The molecule has 0 spiro atoms. The summed E-state index contributed by atoms with van der Waals surface area (Å²) in [5.74, 6) is -2.14. The molecule has 0 saturated carbocycles. The zero-order valence-corrected chi connectivity index (χ0v) is 11.1. The van der Waals surface area contributed by atoms with Crippen LogP contribution < -0.4 is 5.32 Å². The molecule has 2 N–H and O–H groups in total. The zero-order valence-electron chi connectivity index (χ0n) is 9.49. The summed E-state index contributed by atoms with van der Waals surface area (Å²) in [7, 11) is -3.27. The smallest absolute Gasteiger partial charge is 0.326 e. The van der Waals surface area contributed by atoms with E-state index in [1.165, 1.54) is 11.7 Å². The number of hydrogen-bond donors (Lipinski definition) is 2. The Morgan fingerprint density at radius 1 is 1.56 bits per heavy atom. The molecule has 0 aromatic carbocycles. The van der Waals surface area contributed by atoms with Crippen LogP contribution in [0.5, 0.6) is 0 Å². The molecule has 1 aromatic heterocycles. The van der Waals surface area contributed by atoms with Crippen LogP contribution in [0.1, 0.15) is 16.1 Å². The van der Waals surface area contributed by atoms with Gasteiger partial charge in [-0.25, -0.2) is 13.2 Å². The normalized spacial score (nSPS) is 12.9. The first-order chi connectivity index (χ1) is 8.29. The van der Waals surface area contributed by atoms with Crippen LogP contribution in [0.25, 0.3) is 0 Å². The molecule has 1 amide bonds. The molecule has 0 aliphatic carbocycles. The number of carboxylic acid groups (broad SMARTS) is 1. The number of carbonyl (C=O) groups excluding carboxylic acids is 1. The van der Waals surface area contributed by atoms with E-state index in [2.05, 4.69) is 10.3 Å². The van der Waals surface area contributed by atoms with Gasteiger partial charge in [-0.1, -0.05) is 0 Å². The molecule has 0 radical (unpaired) electrons. The minimum atomic E-state index is -3.27. The van der Waals surface area contributed by atoms with Crippen molar-refractivity contribution in [2.75, 3.05) is 12.0 Å². The second-order valence-corrected chi connectivity index (χ2v) is 6.79. The highest BCUT2D eigenvalue weighted by molar-refractivity contribution is 7.90. The average Bonchev–Trinajstić information content (AvgIpc) is 2.75. The summed E-state index contributed by atoms with van der Waals surface area (Å²) in [6, 6.07) is -1.23. The van der Waals surface area contributed by atoms with Crippen LogP contribution in [0.4, 0.5) is 0 Å². The number of thiazole rings is 1. The highest BCUT2D eigenvalue weighted by Crippen LogP contribution is 2.06. The van der Waals surface area contributed by atoms with Crippen LogP contribution in [0.15, 0.2) is 11.7 Å². The molecule has 100 valence electrons. The van der Waals surface area contributed by atoms with E-state index >= 15 is 0 Å². The Morgan fingerprint density at radius 3 is 2.67 bits per heavy atom. The summed E-state index contributed by atoms with van der Waals surface area (Å²) in [6.45, 7) is 0. The van der Waals surface area contributed by atoms with Gasteiger partial charge in [0.05, 0.1) is 17.5 Å². The van der Waals surface area contributed by atoms with Crippen molar-refractivity contribution in [3.63, 3.8) is 0 Å². The van der Waals surface area contributed by atoms with Gasteiger partial charge in [0.15, 0.2) is 0 Å². The Labute approximate surface area is 108 Å². The molecule has 0 aliphatic heterocycles. The van der Waals surface area contributed by atoms with Gasteiger partial charge in [0.1, 0.15) is 20.8 Å². The lowest BCUT2D eigenvalue weighted by Crippen LogP contribution is -2.41. The van der Waals surface area contributed by atoms with Crippen molar-refractivity contribution < 1.29 is 23.1 Å². The molecule has 1 atom stereocenters. The maximum absolute atomic E-state index is 11.6. The molecule has 7 nitrogen and oxygen atoms in total. The minimum absolute atomic E-state index is 0.168. The van der Waals surface area contributed by atoms with Gasteiger partial charge in [0, 0.05) is 6.26 Å². The fraction of sp³-hybridized carbons (Fsp3) is 0.444. The van der Waals surface area contributed by atoms with Crippen LogP contribution in [0.2, 0.25) is 0 Å². The predicted octanol–water partition coefficient (Wildman–Crippen LogP) is -0.239. The van der Waals surface area contributed by atoms with Gasteiger partial charge in [-0.15, -0.1) is 11.3 Å². The van der Waals surface area contributed by atoms with Gasteiger partial charge in [-0.2, -0.15) is 0 Å². The Bertz CT molecular complexity index is 523. The van der Waals surface area contributed by atoms with Crippen LogP contribution >= 0.6 is 11.3 Å². The molecule has 1 heterocycles. The van der Waals surface area contributed by atoms with E-state index in [4.69, 9.17) is 5.11 Å². The first kappa shape index (κ1) is 14.6. The SMILES string of the molecule is CS(=O)(=O)CCC(NC(=O)c1cncs1)C(=O)O. The summed E-state index contributed by atoms with van der Waals surface area (Å²) in [5, 5.41) is 11.2. The second-order valence-electron chi connectivity index (χ2n) is 3.65. The van der Waals surface area contributed by atoms with Crippen LogP contribution in [0, 0.1) is 0 Å². The summed E-state index contributed by atoms with van der Waals surface area (Å²) < 4.78 is 21.9. The number of sulfone groups is 1. The highest BCUT2D eigenvalue weighted by Gasteiger charge is 2.22. The van der Waals surface area contributed by atoms with Crippen LogP contribution in [-0.2, 0) is 14.6 Å². The molecular weight excluding hydrogens is 280 g/mol. The van der Waals surface area contributed by atoms with Crippen molar-refractivity contribution in [1.29, 1.82) is 0 Å². The van der Waals surface area contributed by atoms with Crippen LogP contribution in [-0.4, -0.2) is 48.4 Å². The minimum Gasteiger partial charge on any atom is -0.480 e. The van der Waals surface area contributed by atoms with E-state index in [-0.39, 0.29) is 17.1 Å². The molecule has 1 rings (SSSR count). The van der Waals surface area contributed by atoms with Gasteiger partial charge in [-0.05, 0) is 6.42 Å². The fourth-order valence-corrected chi connectivity index (χ4v) is 2.33. The first-order valence-electron chi connectivity index (χ1n) is 4.89. The van der Waals surface area contributed by atoms with Crippen molar-refractivity contribution in [1.82, 2.24) is 10.3 Å². The number of nitrogens with one attached hydrogen (secondary N) is 1. The Balaban J connectivity index is 2.64. The summed E-state index contributed by atoms with van der Waals surface area (Å²) in [4.78, 5) is 26.5. The summed E-state index contributed by atoms with van der Waals surface area (Å²) >= 11 is 1.07. The predicted molar refractivity (Wildman–Crippen MR) is 65.3 cm³/mol. The van der Waals surface area contributed by atoms with Crippen molar-refractivity contribution in [2.45, 2.75) is 12.5 Å². The molecular formula is C9H12N2O5S2. The Hall–Kier alpha value is -1.48. The van der Waals surface area contributed by atoms with Crippen molar-refractivity contribution >= 4 is 33.1 Å². The third-order valence-corrected chi connectivity index (χ3v) is 3.79. The third kappa shape index (κ3) is 4.80. The standard InChI is InChI=1S/C9H12N2O5S2/c1-18(15,16)3-2-6(9(13)14)11-8(12)7-4-10-5-17-7/h4-6H,2-3H2,1H3,(H,11,12)(H,13,14). The summed E-state index contributed by atoms with van der Waals surface area (Å²) in [5.41, 5.74) is 1.45.